The van der Waals surface area contributed by atoms with E-state index in [-0.39, 0.29) is 5.91 Å². The highest BCUT2D eigenvalue weighted by atomic mass is 32.1. The number of rotatable bonds is 8. The molecule has 2 aromatic carbocycles. The van der Waals surface area contributed by atoms with Gasteiger partial charge in [-0.3, -0.25) is 10.1 Å². The largest absolute Gasteiger partial charge is 0.493 e. The topological polar surface area (TPSA) is 69.7 Å². The molecule has 6 nitrogen and oxygen atoms in total. The number of nitrogens with zero attached hydrogens (tertiary/aromatic N) is 1. The second-order valence-electron chi connectivity index (χ2n) is 6.27. The van der Waals surface area contributed by atoms with Gasteiger partial charge in [-0.1, -0.05) is 43.7 Å². The van der Waals surface area contributed by atoms with Gasteiger partial charge in [0.1, 0.15) is 0 Å². The molecule has 0 bridgehead atoms. The molecule has 1 amide bonds. The molecule has 0 aliphatic carbocycles. The normalized spacial score (nSPS) is 10.5. The van der Waals surface area contributed by atoms with Gasteiger partial charge in [0.2, 0.25) is 5.75 Å². The fraction of sp³-hybridized carbons (Fsp3) is 0.273. The minimum absolute atomic E-state index is 0.291. The Morgan fingerprint density at radius 3 is 2.24 bits per heavy atom. The lowest BCUT2D eigenvalue weighted by molar-refractivity contribution is 0.102. The van der Waals surface area contributed by atoms with Crippen LogP contribution in [0.15, 0.2) is 42.5 Å². The minimum atomic E-state index is -0.291. The molecule has 3 aromatic rings. The van der Waals surface area contributed by atoms with Crippen LogP contribution in [-0.2, 0) is 6.42 Å². The lowest BCUT2D eigenvalue weighted by Gasteiger charge is -2.13. The number of methoxy groups -OCH3 is 3. The summed E-state index contributed by atoms with van der Waals surface area (Å²) in [6.07, 6.45) is 1.91. The molecule has 29 heavy (non-hydrogen) atoms. The number of aryl methyl sites for hydroxylation is 1. The molecule has 0 radical (unpaired) electrons. The number of nitrogens with one attached hydrogen (secondary N) is 1. The molecule has 1 aromatic heterocycles. The summed E-state index contributed by atoms with van der Waals surface area (Å²) in [7, 11) is 4.56. The van der Waals surface area contributed by atoms with E-state index in [0.717, 1.165) is 29.0 Å². The summed E-state index contributed by atoms with van der Waals surface area (Å²) < 4.78 is 16.0. The van der Waals surface area contributed by atoms with Crippen LogP contribution >= 0.6 is 11.3 Å². The van der Waals surface area contributed by atoms with Crippen molar-refractivity contribution in [3.63, 3.8) is 0 Å². The second kappa shape index (κ2) is 9.43. The van der Waals surface area contributed by atoms with Gasteiger partial charge in [0.15, 0.2) is 16.6 Å². The summed E-state index contributed by atoms with van der Waals surface area (Å²) in [5.41, 5.74) is 2.35. The third-order valence-electron chi connectivity index (χ3n) is 4.37. The standard InChI is InChI=1S/C22H24N2O4S/c1-5-9-18-19(14-10-7-6-8-11-14)23-22(29-18)24-21(25)15-12-16(26-2)20(28-4)17(13-15)27-3/h6-8,10-13H,5,9H2,1-4H3,(H,23,24,25). The minimum Gasteiger partial charge on any atom is -0.493 e. The number of thiazole rings is 1. The maximum Gasteiger partial charge on any atom is 0.257 e. The Morgan fingerprint density at radius 2 is 1.69 bits per heavy atom. The van der Waals surface area contributed by atoms with Crippen LogP contribution in [0.1, 0.15) is 28.6 Å². The Kier molecular flexibility index (Phi) is 6.72. The number of carbonyl (C=O) groups excluding carboxylic acids is 1. The average Bonchev–Trinajstić information content (AvgIpc) is 3.15. The number of aromatic nitrogens is 1. The molecule has 0 aliphatic rings. The second-order valence-corrected chi connectivity index (χ2v) is 7.36. The Labute approximate surface area is 174 Å². The molecule has 0 aliphatic heterocycles. The van der Waals surface area contributed by atoms with Gasteiger partial charge in [-0.15, -0.1) is 11.3 Å². The molecule has 1 heterocycles. The first-order valence-electron chi connectivity index (χ1n) is 9.27. The van der Waals surface area contributed by atoms with Crippen molar-refractivity contribution in [3.05, 3.63) is 52.9 Å². The molecular weight excluding hydrogens is 388 g/mol. The van der Waals surface area contributed by atoms with Crippen molar-refractivity contribution >= 4 is 22.4 Å². The van der Waals surface area contributed by atoms with Crippen LogP contribution < -0.4 is 19.5 Å². The van der Waals surface area contributed by atoms with Crippen LogP contribution in [0, 0.1) is 0 Å². The Balaban J connectivity index is 1.91. The highest BCUT2D eigenvalue weighted by Gasteiger charge is 2.19. The van der Waals surface area contributed by atoms with Gasteiger partial charge in [-0.05, 0) is 18.6 Å². The Morgan fingerprint density at radius 1 is 1.03 bits per heavy atom. The zero-order valence-corrected chi connectivity index (χ0v) is 17.8. The number of amides is 1. The first-order chi connectivity index (χ1) is 14.1. The van der Waals surface area contributed by atoms with Gasteiger partial charge in [-0.25, -0.2) is 4.98 Å². The number of hydrogen-bond donors (Lipinski definition) is 1. The van der Waals surface area contributed by atoms with Crippen LogP contribution in [0.25, 0.3) is 11.3 Å². The fourth-order valence-corrected chi connectivity index (χ4v) is 4.09. The molecule has 0 spiro atoms. The van der Waals surface area contributed by atoms with E-state index in [1.165, 1.54) is 32.7 Å². The number of anilines is 1. The summed E-state index contributed by atoms with van der Waals surface area (Å²) in [5, 5.41) is 3.46. The third kappa shape index (κ3) is 4.51. The van der Waals surface area contributed by atoms with Crippen LogP contribution in [-0.4, -0.2) is 32.2 Å². The SMILES string of the molecule is CCCc1sc(NC(=O)c2cc(OC)c(OC)c(OC)c2)nc1-c1ccccc1. The molecule has 0 fully saturated rings. The molecule has 0 saturated carbocycles. The zero-order chi connectivity index (χ0) is 20.8. The number of benzene rings is 2. The molecule has 0 saturated heterocycles. The van der Waals surface area contributed by atoms with Crippen LogP contribution in [0.3, 0.4) is 0 Å². The molecule has 152 valence electrons. The summed E-state index contributed by atoms with van der Waals surface area (Å²) in [5.74, 6) is 0.999. The molecule has 0 unspecified atom stereocenters. The van der Waals surface area contributed by atoms with E-state index in [2.05, 4.69) is 17.2 Å². The monoisotopic (exact) mass is 412 g/mol. The van der Waals surface area contributed by atoms with Crippen molar-refractivity contribution in [1.82, 2.24) is 4.98 Å². The van der Waals surface area contributed by atoms with Gasteiger partial charge in [0, 0.05) is 16.0 Å². The number of hydrogen-bond acceptors (Lipinski definition) is 6. The van der Waals surface area contributed by atoms with E-state index in [4.69, 9.17) is 14.2 Å². The highest BCUT2D eigenvalue weighted by Crippen LogP contribution is 2.38. The van der Waals surface area contributed by atoms with Crippen molar-refractivity contribution in [2.75, 3.05) is 26.6 Å². The Bertz CT molecular complexity index is 961. The first kappa shape index (κ1) is 20.7. The van der Waals surface area contributed by atoms with E-state index in [0.29, 0.717) is 27.9 Å². The average molecular weight is 413 g/mol. The first-order valence-corrected chi connectivity index (χ1v) is 10.1. The van der Waals surface area contributed by atoms with E-state index in [1.807, 2.05) is 30.3 Å². The van der Waals surface area contributed by atoms with Crippen molar-refractivity contribution < 1.29 is 19.0 Å². The number of carbonyl (C=O) groups is 1. The molecular formula is C22H24N2O4S. The van der Waals surface area contributed by atoms with Gasteiger partial charge in [0.25, 0.3) is 5.91 Å². The molecule has 1 N–H and O–H groups in total. The van der Waals surface area contributed by atoms with E-state index < -0.39 is 0 Å². The van der Waals surface area contributed by atoms with Crippen molar-refractivity contribution in [3.8, 4) is 28.5 Å². The third-order valence-corrected chi connectivity index (χ3v) is 5.40. The summed E-state index contributed by atoms with van der Waals surface area (Å²) in [6.45, 7) is 2.13. The van der Waals surface area contributed by atoms with Crippen molar-refractivity contribution in [2.24, 2.45) is 0 Å². The summed E-state index contributed by atoms with van der Waals surface area (Å²) >= 11 is 1.50. The van der Waals surface area contributed by atoms with Gasteiger partial charge >= 0.3 is 0 Å². The maximum absolute atomic E-state index is 12.9. The predicted octanol–water partition coefficient (Wildman–Crippen LogP) is 5.04. The lowest BCUT2D eigenvalue weighted by Crippen LogP contribution is -2.12. The Hall–Kier alpha value is -3.06. The van der Waals surface area contributed by atoms with Gasteiger partial charge in [-0.2, -0.15) is 0 Å². The highest BCUT2D eigenvalue weighted by molar-refractivity contribution is 7.16. The molecule has 7 heteroatoms. The van der Waals surface area contributed by atoms with E-state index in [9.17, 15) is 4.79 Å². The predicted molar refractivity (Wildman–Crippen MR) is 116 cm³/mol. The van der Waals surface area contributed by atoms with Gasteiger partial charge in [0.05, 0.1) is 27.0 Å². The fourth-order valence-electron chi connectivity index (χ4n) is 3.00. The van der Waals surface area contributed by atoms with Crippen molar-refractivity contribution in [1.29, 1.82) is 0 Å². The number of ether oxygens (including phenoxy) is 3. The van der Waals surface area contributed by atoms with Crippen molar-refractivity contribution in [2.45, 2.75) is 19.8 Å². The van der Waals surface area contributed by atoms with E-state index >= 15 is 0 Å². The zero-order valence-electron chi connectivity index (χ0n) is 16.9. The van der Waals surface area contributed by atoms with Gasteiger partial charge < -0.3 is 14.2 Å². The quantitative estimate of drug-likeness (QED) is 0.561. The lowest BCUT2D eigenvalue weighted by atomic mass is 10.1. The van der Waals surface area contributed by atoms with Crippen LogP contribution in [0.4, 0.5) is 5.13 Å². The smallest absolute Gasteiger partial charge is 0.257 e. The van der Waals surface area contributed by atoms with E-state index in [1.54, 1.807) is 12.1 Å². The molecule has 0 atom stereocenters. The summed E-state index contributed by atoms with van der Waals surface area (Å²) in [6, 6.07) is 13.2. The molecule has 3 rings (SSSR count). The van der Waals surface area contributed by atoms with Crippen LogP contribution in [0.5, 0.6) is 17.2 Å². The summed E-state index contributed by atoms with van der Waals surface area (Å²) in [4.78, 5) is 18.7. The van der Waals surface area contributed by atoms with Crippen LogP contribution in [0.2, 0.25) is 0 Å². The maximum atomic E-state index is 12.9.